The molecule has 0 fully saturated rings. The molecule has 0 spiro atoms. The molecule has 3 aromatic rings. The molecule has 0 bridgehead atoms. The zero-order valence-electron chi connectivity index (χ0n) is 15.1. The van der Waals surface area contributed by atoms with Crippen molar-refractivity contribution in [2.75, 3.05) is 6.61 Å². The molecule has 1 atom stereocenters. The standard InChI is InChI=1S/C21H22N2O4/c1-14-6-8-16(9-7-14)27-11-10-20(24)23-19(21(25)26)12-15-13-22-18-5-3-2-4-17(15)18/h2-9,13,19,22H,10-12H2,1H3,(H,23,24)(H,25,26). The van der Waals surface area contributed by atoms with Gasteiger partial charge in [-0.15, -0.1) is 0 Å². The molecule has 0 aliphatic heterocycles. The molecular weight excluding hydrogens is 344 g/mol. The molecule has 3 N–H and O–H groups in total. The van der Waals surface area contributed by atoms with Gasteiger partial charge in [0.15, 0.2) is 0 Å². The highest BCUT2D eigenvalue weighted by Gasteiger charge is 2.21. The molecule has 0 radical (unpaired) electrons. The predicted molar refractivity (Wildman–Crippen MR) is 103 cm³/mol. The summed E-state index contributed by atoms with van der Waals surface area (Å²) < 4.78 is 5.52. The molecule has 0 saturated heterocycles. The fourth-order valence-corrected chi connectivity index (χ4v) is 2.88. The van der Waals surface area contributed by atoms with Gasteiger partial charge in [0, 0.05) is 23.5 Å². The van der Waals surface area contributed by atoms with Crippen molar-refractivity contribution < 1.29 is 19.4 Å². The summed E-state index contributed by atoms with van der Waals surface area (Å²) in [7, 11) is 0. The normalized spacial score (nSPS) is 11.9. The number of amides is 1. The highest BCUT2D eigenvalue weighted by atomic mass is 16.5. The first-order valence-electron chi connectivity index (χ1n) is 8.79. The van der Waals surface area contributed by atoms with Crippen molar-refractivity contribution in [2.24, 2.45) is 0 Å². The van der Waals surface area contributed by atoms with E-state index in [2.05, 4.69) is 10.3 Å². The maximum Gasteiger partial charge on any atom is 0.326 e. The summed E-state index contributed by atoms with van der Waals surface area (Å²) in [5.41, 5.74) is 2.92. The zero-order chi connectivity index (χ0) is 19.2. The first-order chi connectivity index (χ1) is 13.0. The number of aliphatic carboxylic acids is 1. The molecule has 2 aromatic carbocycles. The summed E-state index contributed by atoms with van der Waals surface area (Å²) >= 11 is 0. The molecule has 1 heterocycles. The third kappa shape index (κ3) is 4.88. The number of hydrogen-bond acceptors (Lipinski definition) is 3. The lowest BCUT2D eigenvalue weighted by atomic mass is 10.0. The van der Waals surface area contributed by atoms with Crippen LogP contribution in [0.5, 0.6) is 5.75 Å². The van der Waals surface area contributed by atoms with Crippen LogP contribution in [0, 0.1) is 6.92 Å². The zero-order valence-corrected chi connectivity index (χ0v) is 15.1. The van der Waals surface area contributed by atoms with E-state index in [0.29, 0.717) is 5.75 Å². The molecule has 1 aromatic heterocycles. The Labute approximate surface area is 157 Å². The van der Waals surface area contributed by atoms with Gasteiger partial charge in [-0.25, -0.2) is 4.79 Å². The number of fused-ring (bicyclic) bond motifs is 1. The van der Waals surface area contributed by atoms with Crippen LogP contribution in [0.4, 0.5) is 0 Å². The van der Waals surface area contributed by atoms with Gasteiger partial charge in [0.1, 0.15) is 11.8 Å². The van der Waals surface area contributed by atoms with Crippen molar-refractivity contribution in [2.45, 2.75) is 25.8 Å². The minimum Gasteiger partial charge on any atom is -0.493 e. The number of aryl methyl sites for hydroxylation is 1. The molecule has 0 aliphatic rings. The first kappa shape index (κ1) is 18.5. The molecule has 140 valence electrons. The maximum atomic E-state index is 12.1. The molecular formula is C21H22N2O4. The Morgan fingerprint density at radius 1 is 1.15 bits per heavy atom. The van der Waals surface area contributed by atoms with Crippen LogP contribution in [0.15, 0.2) is 54.7 Å². The van der Waals surface area contributed by atoms with Crippen molar-refractivity contribution in [1.29, 1.82) is 0 Å². The largest absolute Gasteiger partial charge is 0.493 e. The number of carbonyl (C=O) groups is 2. The summed E-state index contributed by atoms with van der Waals surface area (Å²) in [4.78, 5) is 26.8. The fraction of sp³-hybridized carbons (Fsp3) is 0.238. The topological polar surface area (TPSA) is 91.4 Å². The van der Waals surface area contributed by atoms with Crippen LogP contribution in [0.25, 0.3) is 10.9 Å². The maximum absolute atomic E-state index is 12.1. The van der Waals surface area contributed by atoms with Gasteiger partial charge in [0.2, 0.25) is 5.91 Å². The lowest BCUT2D eigenvalue weighted by Crippen LogP contribution is -2.42. The number of nitrogens with one attached hydrogen (secondary N) is 2. The summed E-state index contributed by atoms with van der Waals surface area (Å²) in [6, 6.07) is 14.2. The summed E-state index contributed by atoms with van der Waals surface area (Å²) in [5.74, 6) is -0.732. The van der Waals surface area contributed by atoms with Crippen LogP contribution in [0.1, 0.15) is 17.5 Å². The number of para-hydroxylation sites is 1. The molecule has 1 amide bonds. The fourth-order valence-electron chi connectivity index (χ4n) is 2.88. The van der Waals surface area contributed by atoms with Crippen molar-refractivity contribution >= 4 is 22.8 Å². The van der Waals surface area contributed by atoms with E-state index in [-0.39, 0.29) is 25.4 Å². The average Bonchev–Trinajstić information content (AvgIpc) is 3.06. The number of carbonyl (C=O) groups excluding carboxylic acids is 1. The molecule has 3 rings (SSSR count). The molecule has 6 nitrogen and oxygen atoms in total. The van der Waals surface area contributed by atoms with Crippen molar-refractivity contribution in [3.8, 4) is 5.75 Å². The van der Waals surface area contributed by atoms with E-state index in [1.54, 1.807) is 6.20 Å². The van der Waals surface area contributed by atoms with Crippen LogP contribution in [0.3, 0.4) is 0 Å². The van der Waals surface area contributed by atoms with Crippen LogP contribution >= 0.6 is 0 Å². The quantitative estimate of drug-likeness (QED) is 0.571. The van der Waals surface area contributed by atoms with Crippen LogP contribution in [-0.2, 0) is 16.0 Å². The second kappa shape index (κ2) is 8.40. The van der Waals surface area contributed by atoms with Gasteiger partial charge in [-0.05, 0) is 30.7 Å². The minimum atomic E-state index is -1.06. The summed E-state index contributed by atoms with van der Waals surface area (Å²) in [5, 5.41) is 13.0. The van der Waals surface area contributed by atoms with Crippen molar-refractivity contribution in [1.82, 2.24) is 10.3 Å². The van der Waals surface area contributed by atoms with Crippen molar-refractivity contribution in [3.63, 3.8) is 0 Å². The second-order valence-corrected chi connectivity index (χ2v) is 6.43. The Morgan fingerprint density at radius 3 is 2.63 bits per heavy atom. The molecule has 1 unspecified atom stereocenters. The van der Waals surface area contributed by atoms with Gasteiger partial charge in [0.25, 0.3) is 0 Å². The Kier molecular flexibility index (Phi) is 5.76. The van der Waals surface area contributed by atoms with E-state index in [1.165, 1.54) is 0 Å². The number of carboxylic acid groups (broad SMARTS) is 1. The van der Waals surface area contributed by atoms with Gasteiger partial charge in [0.05, 0.1) is 13.0 Å². The van der Waals surface area contributed by atoms with E-state index < -0.39 is 12.0 Å². The molecule has 27 heavy (non-hydrogen) atoms. The summed E-state index contributed by atoms with van der Waals surface area (Å²) in [6.45, 7) is 2.17. The van der Waals surface area contributed by atoms with Gasteiger partial charge >= 0.3 is 5.97 Å². The average molecular weight is 366 g/mol. The van der Waals surface area contributed by atoms with Crippen molar-refractivity contribution in [3.05, 3.63) is 65.9 Å². The van der Waals surface area contributed by atoms with Gasteiger partial charge < -0.3 is 20.1 Å². The first-order valence-corrected chi connectivity index (χ1v) is 8.79. The van der Waals surface area contributed by atoms with E-state index >= 15 is 0 Å². The van der Waals surface area contributed by atoms with Crippen LogP contribution < -0.4 is 10.1 Å². The van der Waals surface area contributed by atoms with E-state index in [9.17, 15) is 14.7 Å². The number of aromatic nitrogens is 1. The Bertz CT molecular complexity index is 931. The monoisotopic (exact) mass is 366 g/mol. The summed E-state index contributed by atoms with van der Waals surface area (Å²) in [6.07, 6.45) is 2.09. The number of rotatable bonds is 8. The Morgan fingerprint density at radius 2 is 1.89 bits per heavy atom. The van der Waals surface area contributed by atoms with Gasteiger partial charge in [-0.3, -0.25) is 4.79 Å². The van der Waals surface area contributed by atoms with Gasteiger partial charge in [-0.1, -0.05) is 35.9 Å². The smallest absolute Gasteiger partial charge is 0.326 e. The van der Waals surface area contributed by atoms with E-state index in [4.69, 9.17) is 4.74 Å². The van der Waals surface area contributed by atoms with Crippen LogP contribution in [-0.4, -0.2) is 34.6 Å². The minimum absolute atomic E-state index is 0.0888. The number of H-pyrrole nitrogens is 1. The number of aromatic amines is 1. The third-order valence-electron chi connectivity index (χ3n) is 4.35. The molecule has 0 aliphatic carbocycles. The number of benzene rings is 2. The highest BCUT2D eigenvalue weighted by molar-refractivity contribution is 5.86. The Hall–Kier alpha value is -3.28. The second-order valence-electron chi connectivity index (χ2n) is 6.43. The predicted octanol–water partition coefficient (Wildman–Crippen LogP) is 3.06. The Balaban J connectivity index is 1.55. The lowest BCUT2D eigenvalue weighted by molar-refractivity contribution is -0.141. The van der Waals surface area contributed by atoms with Crippen LogP contribution in [0.2, 0.25) is 0 Å². The lowest BCUT2D eigenvalue weighted by Gasteiger charge is -2.14. The highest BCUT2D eigenvalue weighted by Crippen LogP contribution is 2.19. The number of hydrogen-bond donors (Lipinski definition) is 3. The molecule has 0 saturated carbocycles. The molecule has 6 heteroatoms. The third-order valence-corrected chi connectivity index (χ3v) is 4.35. The number of ether oxygens (including phenoxy) is 1. The number of carboxylic acids is 1. The van der Waals surface area contributed by atoms with Gasteiger partial charge in [-0.2, -0.15) is 0 Å². The van der Waals surface area contributed by atoms with E-state index in [0.717, 1.165) is 22.0 Å². The SMILES string of the molecule is Cc1ccc(OCCC(=O)NC(Cc2c[nH]c3ccccc23)C(=O)O)cc1. The van der Waals surface area contributed by atoms with E-state index in [1.807, 2.05) is 55.5 Å².